The zero-order valence-corrected chi connectivity index (χ0v) is 18.3. The highest BCUT2D eigenvalue weighted by molar-refractivity contribution is 7.89. The van der Waals surface area contributed by atoms with Crippen molar-refractivity contribution in [3.8, 4) is 10.6 Å². The molecule has 1 aliphatic heterocycles. The van der Waals surface area contributed by atoms with Crippen molar-refractivity contribution in [1.29, 1.82) is 0 Å². The Morgan fingerprint density at radius 2 is 1.66 bits per heavy atom. The van der Waals surface area contributed by atoms with E-state index < -0.39 is 26.7 Å². The quantitative estimate of drug-likeness (QED) is 0.565. The summed E-state index contributed by atoms with van der Waals surface area (Å²) >= 11 is 1.34. The number of nitrogens with zero attached hydrogens (tertiary/aromatic N) is 3. The van der Waals surface area contributed by atoms with Gasteiger partial charge in [-0.3, -0.25) is 4.79 Å². The molecule has 0 unspecified atom stereocenters. The Morgan fingerprint density at radius 1 is 0.969 bits per heavy atom. The number of hydrogen-bond donors (Lipinski definition) is 0. The summed E-state index contributed by atoms with van der Waals surface area (Å²) in [4.78, 5) is 18.3. The number of aromatic nitrogens is 1. The van der Waals surface area contributed by atoms with Crippen molar-refractivity contribution in [3.63, 3.8) is 0 Å². The molecule has 0 spiro atoms. The Balaban J connectivity index is 1.44. The molecule has 0 aliphatic carbocycles. The predicted octanol–water partition coefficient (Wildman–Crippen LogP) is 3.98. The summed E-state index contributed by atoms with van der Waals surface area (Å²) in [6.07, 6.45) is -4.64. The lowest BCUT2D eigenvalue weighted by atomic mass is 10.2. The first-order chi connectivity index (χ1) is 15.2. The number of piperazine rings is 1. The largest absolute Gasteiger partial charge is 0.416 e. The molecule has 32 heavy (non-hydrogen) atoms. The number of alkyl halides is 3. The van der Waals surface area contributed by atoms with Crippen LogP contribution in [0.1, 0.15) is 16.1 Å². The van der Waals surface area contributed by atoms with Gasteiger partial charge in [0.2, 0.25) is 10.0 Å². The molecule has 3 aromatic rings. The second kappa shape index (κ2) is 8.64. The Bertz CT molecular complexity index is 1220. The fourth-order valence-electron chi connectivity index (χ4n) is 3.36. The number of carbonyl (C=O) groups is 1. The van der Waals surface area contributed by atoms with Crippen LogP contribution >= 0.6 is 11.3 Å². The molecule has 2 aromatic carbocycles. The van der Waals surface area contributed by atoms with Crippen molar-refractivity contribution < 1.29 is 26.4 Å². The molecule has 1 aliphatic rings. The maximum atomic E-state index is 13.0. The maximum Gasteiger partial charge on any atom is 0.416 e. The lowest BCUT2D eigenvalue weighted by molar-refractivity contribution is -0.137. The minimum atomic E-state index is -4.64. The monoisotopic (exact) mass is 481 g/mol. The summed E-state index contributed by atoms with van der Waals surface area (Å²) in [5.74, 6) is -0.306. The number of hydrogen-bond acceptors (Lipinski definition) is 5. The second-order valence-corrected chi connectivity index (χ2v) is 9.92. The summed E-state index contributed by atoms with van der Waals surface area (Å²) < 4.78 is 65.6. The van der Waals surface area contributed by atoms with Crippen molar-refractivity contribution in [3.05, 3.63) is 71.2 Å². The van der Waals surface area contributed by atoms with Gasteiger partial charge in [0.05, 0.1) is 10.5 Å². The van der Waals surface area contributed by atoms with E-state index in [1.54, 1.807) is 5.38 Å². The average molecular weight is 482 g/mol. The molecule has 168 valence electrons. The molecule has 0 bridgehead atoms. The molecular weight excluding hydrogens is 463 g/mol. The van der Waals surface area contributed by atoms with Crippen LogP contribution in [-0.2, 0) is 16.2 Å². The summed E-state index contributed by atoms with van der Waals surface area (Å²) in [6, 6.07) is 13.1. The van der Waals surface area contributed by atoms with Crippen LogP contribution < -0.4 is 0 Å². The zero-order chi connectivity index (χ0) is 22.9. The predicted molar refractivity (Wildman–Crippen MR) is 114 cm³/mol. The first kappa shape index (κ1) is 22.4. The fraction of sp³-hybridized carbons (Fsp3) is 0.238. The number of benzene rings is 2. The molecule has 1 fully saturated rings. The maximum absolute atomic E-state index is 13.0. The molecule has 2 heterocycles. The van der Waals surface area contributed by atoms with Gasteiger partial charge in [-0.05, 0) is 18.2 Å². The van der Waals surface area contributed by atoms with Crippen LogP contribution in [0.4, 0.5) is 13.2 Å². The molecule has 1 aromatic heterocycles. The third-order valence-corrected chi connectivity index (χ3v) is 7.86. The number of rotatable bonds is 4. The molecule has 6 nitrogen and oxygen atoms in total. The summed E-state index contributed by atoms with van der Waals surface area (Å²) in [7, 11) is -4.11. The van der Waals surface area contributed by atoms with E-state index in [1.807, 2.05) is 30.3 Å². The molecule has 4 rings (SSSR count). The number of thiazole rings is 1. The number of amides is 1. The smallest absolute Gasteiger partial charge is 0.335 e. The Morgan fingerprint density at radius 3 is 2.31 bits per heavy atom. The van der Waals surface area contributed by atoms with Crippen LogP contribution in [0.25, 0.3) is 10.6 Å². The van der Waals surface area contributed by atoms with Gasteiger partial charge >= 0.3 is 6.18 Å². The van der Waals surface area contributed by atoms with Crippen LogP contribution in [0.2, 0.25) is 0 Å². The second-order valence-electron chi connectivity index (χ2n) is 7.13. The fourth-order valence-corrected chi connectivity index (χ4v) is 5.63. The van der Waals surface area contributed by atoms with Crippen molar-refractivity contribution in [2.75, 3.05) is 26.2 Å². The summed E-state index contributed by atoms with van der Waals surface area (Å²) in [6.45, 7) is 0.213. The third kappa shape index (κ3) is 4.54. The van der Waals surface area contributed by atoms with Gasteiger partial charge in [-0.1, -0.05) is 36.4 Å². The van der Waals surface area contributed by atoms with E-state index in [4.69, 9.17) is 0 Å². The first-order valence-corrected chi connectivity index (χ1v) is 12.0. The molecule has 0 saturated carbocycles. The number of carbonyl (C=O) groups excluding carboxylic acids is 1. The Labute approximate surface area is 187 Å². The van der Waals surface area contributed by atoms with E-state index >= 15 is 0 Å². The topological polar surface area (TPSA) is 70.6 Å². The molecular formula is C21H18F3N3O3S2. The highest BCUT2D eigenvalue weighted by atomic mass is 32.2. The van der Waals surface area contributed by atoms with Crippen LogP contribution in [0.15, 0.2) is 64.9 Å². The van der Waals surface area contributed by atoms with Gasteiger partial charge in [-0.15, -0.1) is 11.3 Å². The van der Waals surface area contributed by atoms with Crippen molar-refractivity contribution in [2.24, 2.45) is 0 Å². The van der Waals surface area contributed by atoms with Gasteiger partial charge in [-0.25, -0.2) is 13.4 Å². The minimum absolute atomic E-state index is 0.0139. The van der Waals surface area contributed by atoms with E-state index in [-0.39, 0.29) is 37.8 Å². The van der Waals surface area contributed by atoms with Crippen molar-refractivity contribution in [2.45, 2.75) is 11.1 Å². The summed E-state index contributed by atoms with van der Waals surface area (Å²) in [5.41, 5.74) is 0.154. The zero-order valence-electron chi connectivity index (χ0n) is 16.6. The van der Waals surface area contributed by atoms with Crippen molar-refractivity contribution in [1.82, 2.24) is 14.2 Å². The lowest BCUT2D eigenvalue weighted by Gasteiger charge is -2.33. The van der Waals surface area contributed by atoms with E-state index in [0.29, 0.717) is 11.1 Å². The van der Waals surface area contributed by atoms with Gasteiger partial charge in [0.25, 0.3) is 5.91 Å². The Kier molecular flexibility index (Phi) is 6.06. The van der Waals surface area contributed by atoms with Crippen LogP contribution in [0.3, 0.4) is 0 Å². The standard InChI is InChI=1S/C21H18F3N3O3S2/c22-21(23,24)16-7-4-8-17(13-16)32(29,30)27-11-9-26(10-12-27)20(28)18-14-31-19(25-18)15-5-2-1-3-6-15/h1-8,13-14H,9-12H2. The van der Waals surface area contributed by atoms with E-state index in [1.165, 1.54) is 16.2 Å². The van der Waals surface area contributed by atoms with E-state index in [2.05, 4.69) is 4.98 Å². The van der Waals surface area contributed by atoms with E-state index in [9.17, 15) is 26.4 Å². The van der Waals surface area contributed by atoms with Crippen LogP contribution in [0.5, 0.6) is 0 Å². The molecule has 0 atom stereocenters. The number of halogens is 3. The molecule has 11 heteroatoms. The Hall–Kier alpha value is -2.76. The molecule has 0 N–H and O–H groups in total. The van der Waals surface area contributed by atoms with Gasteiger partial charge in [0, 0.05) is 37.1 Å². The highest BCUT2D eigenvalue weighted by Gasteiger charge is 2.34. The highest BCUT2D eigenvalue weighted by Crippen LogP contribution is 2.31. The average Bonchev–Trinajstić information content (AvgIpc) is 3.29. The normalized spacial score (nSPS) is 15.7. The molecule has 1 saturated heterocycles. The third-order valence-electron chi connectivity index (χ3n) is 5.07. The minimum Gasteiger partial charge on any atom is -0.335 e. The number of sulfonamides is 1. The van der Waals surface area contributed by atoms with Gasteiger partial charge < -0.3 is 4.90 Å². The van der Waals surface area contributed by atoms with Gasteiger partial charge in [-0.2, -0.15) is 17.5 Å². The van der Waals surface area contributed by atoms with Crippen molar-refractivity contribution >= 4 is 27.3 Å². The van der Waals surface area contributed by atoms with Crippen LogP contribution in [-0.4, -0.2) is 54.7 Å². The molecule has 1 amide bonds. The van der Waals surface area contributed by atoms with Gasteiger partial charge in [0.15, 0.2) is 0 Å². The first-order valence-electron chi connectivity index (χ1n) is 9.64. The SMILES string of the molecule is O=C(c1csc(-c2ccccc2)n1)N1CCN(S(=O)(=O)c2cccc(C(F)(F)F)c2)CC1. The molecule has 0 radical (unpaired) electrons. The summed E-state index contributed by atoms with van der Waals surface area (Å²) in [5, 5.41) is 2.37. The van der Waals surface area contributed by atoms with E-state index in [0.717, 1.165) is 28.1 Å². The van der Waals surface area contributed by atoms with Crippen LogP contribution in [0, 0.1) is 0 Å². The lowest BCUT2D eigenvalue weighted by Crippen LogP contribution is -2.50. The van der Waals surface area contributed by atoms with Gasteiger partial charge in [0.1, 0.15) is 10.7 Å².